The van der Waals surface area contributed by atoms with Gasteiger partial charge in [0.25, 0.3) is 0 Å². The first-order chi connectivity index (χ1) is 9.21. The highest BCUT2D eigenvalue weighted by atomic mass is 32.2. The zero-order chi connectivity index (χ0) is 15.5. The van der Waals surface area contributed by atoms with E-state index in [4.69, 9.17) is 5.11 Å². The van der Waals surface area contributed by atoms with Gasteiger partial charge in [-0.3, -0.25) is 0 Å². The van der Waals surface area contributed by atoms with Crippen molar-refractivity contribution in [3.63, 3.8) is 0 Å². The van der Waals surface area contributed by atoms with E-state index in [2.05, 4.69) is 0 Å². The molecule has 0 heterocycles. The Morgan fingerprint density at radius 2 is 2.00 bits per heavy atom. The summed E-state index contributed by atoms with van der Waals surface area (Å²) in [6.07, 6.45) is 0.603. The molecule has 1 aromatic carbocycles. The number of carboxylic acid groups (broad SMARTS) is 1. The van der Waals surface area contributed by atoms with Crippen molar-refractivity contribution in [2.45, 2.75) is 38.1 Å². The molecular formula is C13H18FNO4S. The number of carbonyl (C=O) groups is 1. The highest BCUT2D eigenvalue weighted by molar-refractivity contribution is 7.89. The lowest BCUT2D eigenvalue weighted by Crippen LogP contribution is -2.37. The third-order valence-electron chi connectivity index (χ3n) is 2.79. The van der Waals surface area contributed by atoms with Crippen molar-refractivity contribution in [2.75, 3.05) is 6.54 Å². The van der Waals surface area contributed by atoms with Crippen molar-refractivity contribution in [2.24, 2.45) is 0 Å². The van der Waals surface area contributed by atoms with Crippen LogP contribution in [0.4, 0.5) is 4.39 Å². The van der Waals surface area contributed by atoms with E-state index in [0.29, 0.717) is 6.42 Å². The quantitative estimate of drug-likeness (QED) is 0.875. The van der Waals surface area contributed by atoms with Gasteiger partial charge in [0.05, 0.1) is 5.56 Å². The smallest absolute Gasteiger partial charge is 0.335 e. The monoisotopic (exact) mass is 303 g/mol. The third kappa shape index (κ3) is 3.34. The van der Waals surface area contributed by atoms with Crippen LogP contribution in [-0.4, -0.2) is 36.4 Å². The normalized spacial score (nSPS) is 12.1. The molecule has 0 unspecified atom stereocenters. The molecule has 0 saturated heterocycles. The first-order valence-corrected chi connectivity index (χ1v) is 7.70. The minimum Gasteiger partial charge on any atom is -0.478 e. The number of halogens is 1. The molecule has 1 N–H and O–H groups in total. The van der Waals surface area contributed by atoms with Crippen molar-refractivity contribution in [1.29, 1.82) is 0 Å². The number of rotatable bonds is 6. The Labute approximate surface area is 118 Å². The fourth-order valence-electron chi connectivity index (χ4n) is 1.85. The van der Waals surface area contributed by atoms with Gasteiger partial charge >= 0.3 is 5.97 Å². The van der Waals surface area contributed by atoms with Crippen LogP contribution in [0, 0.1) is 5.82 Å². The molecule has 0 radical (unpaired) electrons. The SMILES string of the molecule is CCCN(C(C)C)S(=O)(=O)c1ccc(C(=O)O)cc1F. The van der Waals surface area contributed by atoms with Crippen LogP contribution >= 0.6 is 0 Å². The van der Waals surface area contributed by atoms with E-state index >= 15 is 0 Å². The van der Waals surface area contributed by atoms with Crippen molar-refractivity contribution < 1.29 is 22.7 Å². The minimum absolute atomic E-state index is 0.278. The summed E-state index contributed by atoms with van der Waals surface area (Å²) in [5, 5.41) is 8.76. The van der Waals surface area contributed by atoms with Crippen LogP contribution in [0.2, 0.25) is 0 Å². The number of nitrogens with zero attached hydrogens (tertiary/aromatic N) is 1. The standard InChI is InChI=1S/C13H18FNO4S/c1-4-7-15(9(2)3)20(18,19)12-6-5-10(13(16)17)8-11(12)14/h5-6,8-9H,4,7H2,1-3H3,(H,16,17). The molecule has 5 nitrogen and oxygen atoms in total. The molecule has 0 aliphatic rings. The molecule has 1 aromatic rings. The zero-order valence-electron chi connectivity index (χ0n) is 11.6. The van der Waals surface area contributed by atoms with Crippen molar-refractivity contribution in [1.82, 2.24) is 4.31 Å². The van der Waals surface area contributed by atoms with Crippen LogP contribution < -0.4 is 0 Å². The van der Waals surface area contributed by atoms with E-state index in [1.165, 1.54) is 4.31 Å². The second kappa shape index (κ2) is 6.32. The molecule has 0 fully saturated rings. The number of hydrogen-bond acceptors (Lipinski definition) is 3. The van der Waals surface area contributed by atoms with E-state index in [1.807, 2.05) is 6.92 Å². The van der Waals surface area contributed by atoms with Crippen LogP contribution in [0.25, 0.3) is 0 Å². The predicted molar refractivity (Wildman–Crippen MR) is 72.7 cm³/mol. The van der Waals surface area contributed by atoms with Gasteiger partial charge in [-0.15, -0.1) is 0 Å². The Morgan fingerprint density at radius 3 is 2.40 bits per heavy atom. The van der Waals surface area contributed by atoms with Gasteiger partial charge in [-0.2, -0.15) is 4.31 Å². The van der Waals surface area contributed by atoms with Crippen LogP contribution in [0.1, 0.15) is 37.6 Å². The van der Waals surface area contributed by atoms with Gasteiger partial charge in [0, 0.05) is 12.6 Å². The zero-order valence-corrected chi connectivity index (χ0v) is 12.4. The lowest BCUT2D eigenvalue weighted by atomic mass is 10.2. The van der Waals surface area contributed by atoms with Crippen molar-refractivity contribution in [3.05, 3.63) is 29.6 Å². The average Bonchev–Trinajstić information content (AvgIpc) is 2.34. The molecule has 0 aliphatic heterocycles. The molecule has 0 saturated carbocycles. The molecule has 0 atom stereocenters. The number of sulfonamides is 1. The Balaban J connectivity index is 3.31. The maximum absolute atomic E-state index is 13.9. The lowest BCUT2D eigenvalue weighted by molar-refractivity contribution is 0.0696. The van der Waals surface area contributed by atoms with Crippen LogP contribution in [0.3, 0.4) is 0 Å². The van der Waals surface area contributed by atoms with Gasteiger partial charge in [-0.25, -0.2) is 17.6 Å². The maximum Gasteiger partial charge on any atom is 0.335 e. The first-order valence-electron chi connectivity index (χ1n) is 6.26. The second-order valence-electron chi connectivity index (χ2n) is 4.66. The second-order valence-corrected chi connectivity index (χ2v) is 6.52. The fraction of sp³-hybridized carbons (Fsp3) is 0.462. The van der Waals surface area contributed by atoms with Crippen LogP contribution in [0.15, 0.2) is 23.1 Å². The highest BCUT2D eigenvalue weighted by Crippen LogP contribution is 2.22. The number of aromatic carboxylic acids is 1. The van der Waals surface area contributed by atoms with Gasteiger partial charge in [0.15, 0.2) is 0 Å². The summed E-state index contributed by atoms with van der Waals surface area (Å²) in [6.45, 7) is 5.52. The van der Waals surface area contributed by atoms with Gasteiger partial charge < -0.3 is 5.11 Å². The van der Waals surface area contributed by atoms with Gasteiger partial charge in [0.1, 0.15) is 10.7 Å². The topological polar surface area (TPSA) is 74.7 Å². The molecule has 0 aromatic heterocycles. The Bertz CT molecular complexity index is 598. The summed E-state index contributed by atoms with van der Waals surface area (Å²) in [5.74, 6) is -2.35. The number of benzene rings is 1. The summed E-state index contributed by atoms with van der Waals surface area (Å²) >= 11 is 0. The molecule has 0 spiro atoms. The van der Waals surface area contributed by atoms with E-state index in [-0.39, 0.29) is 18.2 Å². The van der Waals surface area contributed by atoms with Crippen molar-refractivity contribution in [3.8, 4) is 0 Å². The Morgan fingerprint density at radius 1 is 1.40 bits per heavy atom. The predicted octanol–water partition coefficient (Wildman–Crippen LogP) is 2.33. The molecule has 1 rings (SSSR count). The molecule has 112 valence electrons. The minimum atomic E-state index is -3.97. The van der Waals surface area contributed by atoms with Crippen LogP contribution in [0.5, 0.6) is 0 Å². The van der Waals surface area contributed by atoms with E-state index in [9.17, 15) is 17.6 Å². The maximum atomic E-state index is 13.9. The number of hydrogen-bond donors (Lipinski definition) is 1. The van der Waals surface area contributed by atoms with Crippen molar-refractivity contribution >= 4 is 16.0 Å². The third-order valence-corrected chi connectivity index (χ3v) is 4.89. The van der Waals surface area contributed by atoms with Crippen LogP contribution in [-0.2, 0) is 10.0 Å². The summed E-state index contributed by atoms with van der Waals surface area (Å²) in [7, 11) is -3.97. The van der Waals surface area contributed by atoms with E-state index in [0.717, 1.165) is 18.2 Å². The largest absolute Gasteiger partial charge is 0.478 e. The molecule has 7 heteroatoms. The highest BCUT2D eigenvalue weighted by Gasteiger charge is 2.29. The lowest BCUT2D eigenvalue weighted by Gasteiger charge is -2.25. The molecule has 0 bridgehead atoms. The molecule has 0 amide bonds. The summed E-state index contributed by atoms with van der Waals surface area (Å²) in [5.41, 5.74) is -0.284. The molecule has 0 aliphatic carbocycles. The summed E-state index contributed by atoms with van der Waals surface area (Å²) < 4.78 is 39.9. The molecular weight excluding hydrogens is 285 g/mol. The Kier molecular flexibility index (Phi) is 5.24. The van der Waals surface area contributed by atoms with E-state index < -0.39 is 26.7 Å². The average molecular weight is 303 g/mol. The van der Waals surface area contributed by atoms with E-state index in [1.54, 1.807) is 13.8 Å². The summed E-state index contributed by atoms with van der Waals surface area (Å²) in [4.78, 5) is 10.2. The first kappa shape index (κ1) is 16.6. The fourth-order valence-corrected chi connectivity index (χ4v) is 3.62. The van der Waals surface area contributed by atoms with Gasteiger partial charge in [-0.1, -0.05) is 6.92 Å². The number of carboxylic acids is 1. The summed E-state index contributed by atoms with van der Waals surface area (Å²) in [6, 6.07) is 2.50. The molecule has 20 heavy (non-hydrogen) atoms. The van der Waals surface area contributed by atoms with Gasteiger partial charge in [-0.05, 0) is 38.5 Å². The van der Waals surface area contributed by atoms with Gasteiger partial charge in [0.2, 0.25) is 10.0 Å². The Hall–Kier alpha value is -1.47.